The number of esters is 2. The Balaban J connectivity index is 1.79. The molecule has 1 saturated heterocycles. The first-order valence-corrected chi connectivity index (χ1v) is 9.70. The van der Waals surface area contributed by atoms with Crippen molar-refractivity contribution in [3.8, 4) is 6.07 Å². The second kappa shape index (κ2) is 8.13. The van der Waals surface area contributed by atoms with Crippen LogP contribution in [-0.4, -0.2) is 25.0 Å². The van der Waals surface area contributed by atoms with Gasteiger partial charge in [-0.1, -0.05) is 18.2 Å². The minimum Gasteiger partial charge on any atom is -0.416 e. The Bertz CT molecular complexity index is 1030. The number of carbonyl (C=O) groups excluding carboxylic acids is 2. The van der Waals surface area contributed by atoms with Gasteiger partial charge in [-0.05, 0) is 36.7 Å². The smallest absolute Gasteiger partial charge is 0.309 e. The number of hydrogen-bond donors (Lipinski definition) is 2. The maximum Gasteiger partial charge on any atom is 0.309 e. The van der Waals surface area contributed by atoms with Crippen molar-refractivity contribution in [2.45, 2.75) is 31.6 Å². The summed E-state index contributed by atoms with van der Waals surface area (Å²) in [5.41, 5.74) is 2.53. The van der Waals surface area contributed by atoms with E-state index in [1.807, 2.05) is 0 Å². The zero-order chi connectivity index (χ0) is 21.1. The summed E-state index contributed by atoms with van der Waals surface area (Å²) in [6.07, 6.45) is 0.399. The lowest BCUT2D eigenvalue weighted by Gasteiger charge is -2.32. The fraction of sp³-hybridized carbons (Fsp3) is 0.318. The third kappa shape index (κ3) is 3.72. The monoisotopic (exact) mass is 409 g/mol. The molecule has 0 aromatic heterocycles. The molecule has 1 spiro atoms. The predicted molar refractivity (Wildman–Crippen MR) is 105 cm³/mol. The third-order valence-electron chi connectivity index (χ3n) is 5.26. The summed E-state index contributed by atoms with van der Waals surface area (Å²) in [5, 5.41) is 15.9. The summed E-state index contributed by atoms with van der Waals surface area (Å²) in [5.74, 6) is -3.00. The highest BCUT2D eigenvalue weighted by Gasteiger charge is 2.46. The van der Waals surface area contributed by atoms with Crippen LogP contribution in [0, 0.1) is 17.1 Å². The summed E-state index contributed by atoms with van der Waals surface area (Å²) < 4.78 is 25.3. The number of nitrogens with one attached hydrogen (secondary N) is 2. The van der Waals surface area contributed by atoms with Gasteiger partial charge in [-0.15, -0.1) is 0 Å². The fourth-order valence-corrected chi connectivity index (χ4v) is 3.82. The predicted octanol–water partition coefficient (Wildman–Crippen LogP) is 2.49. The highest BCUT2D eigenvalue weighted by Crippen LogP contribution is 2.39. The molecule has 0 amide bonds. The lowest BCUT2D eigenvalue weighted by Crippen LogP contribution is -2.43. The molecule has 2 aliphatic rings. The molecule has 154 valence electrons. The average molecular weight is 409 g/mol. The molecule has 2 heterocycles. The van der Waals surface area contributed by atoms with Crippen molar-refractivity contribution >= 4 is 17.6 Å². The molecular weight excluding hydrogens is 389 g/mol. The number of benzene rings is 2. The SMILES string of the molecule is N#Cc1ccc2c(c1NCc1ccccc1F)CCNCC21OC(=O)CCC(=O)O1. The lowest BCUT2D eigenvalue weighted by molar-refractivity contribution is -0.225. The van der Waals surface area contributed by atoms with Crippen molar-refractivity contribution in [2.75, 3.05) is 18.4 Å². The van der Waals surface area contributed by atoms with Crippen molar-refractivity contribution in [3.05, 3.63) is 64.5 Å². The quantitative estimate of drug-likeness (QED) is 0.751. The van der Waals surface area contributed by atoms with E-state index in [0.29, 0.717) is 40.9 Å². The molecule has 1 fully saturated rings. The molecule has 4 rings (SSSR count). The van der Waals surface area contributed by atoms with Gasteiger partial charge in [-0.25, -0.2) is 4.39 Å². The van der Waals surface area contributed by atoms with Crippen LogP contribution in [0.4, 0.5) is 10.1 Å². The fourth-order valence-electron chi connectivity index (χ4n) is 3.82. The van der Waals surface area contributed by atoms with Crippen molar-refractivity contribution in [2.24, 2.45) is 0 Å². The lowest BCUT2D eigenvalue weighted by atomic mass is 9.93. The Morgan fingerprint density at radius 1 is 1.10 bits per heavy atom. The van der Waals surface area contributed by atoms with E-state index >= 15 is 0 Å². The Hall–Kier alpha value is -3.44. The highest BCUT2D eigenvalue weighted by molar-refractivity contribution is 5.80. The second-order valence-electron chi connectivity index (χ2n) is 7.20. The largest absolute Gasteiger partial charge is 0.416 e. The normalized spacial score (nSPS) is 17.7. The van der Waals surface area contributed by atoms with E-state index < -0.39 is 17.7 Å². The standard InChI is InChI=1S/C22H20FN3O4/c23-18-4-2-1-3-15(18)12-26-21-14(11-24)5-6-17-16(21)9-10-25-13-22(17)29-19(27)7-8-20(28)30-22/h1-6,25-26H,7-10,12-13H2. The van der Waals surface area contributed by atoms with Gasteiger partial charge in [0.1, 0.15) is 11.9 Å². The third-order valence-corrected chi connectivity index (χ3v) is 5.26. The maximum atomic E-state index is 14.1. The van der Waals surface area contributed by atoms with E-state index in [0.717, 1.165) is 0 Å². The van der Waals surface area contributed by atoms with Crippen LogP contribution in [0.1, 0.15) is 35.1 Å². The maximum absolute atomic E-state index is 14.1. The number of nitrogens with zero attached hydrogens (tertiary/aromatic N) is 1. The minimum atomic E-state index is -1.60. The molecule has 0 saturated carbocycles. The van der Waals surface area contributed by atoms with Gasteiger partial charge in [-0.2, -0.15) is 5.26 Å². The van der Waals surface area contributed by atoms with Crippen LogP contribution in [0.2, 0.25) is 0 Å². The highest BCUT2D eigenvalue weighted by atomic mass is 19.1. The van der Waals surface area contributed by atoms with Crippen LogP contribution in [0.15, 0.2) is 36.4 Å². The number of rotatable bonds is 3. The first kappa shape index (κ1) is 19.9. The molecule has 30 heavy (non-hydrogen) atoms. The van der Waals surface area contributed by atoms with Gasteiger partial charge in [0, 0.05) is 17.7 Å². The summed E-state index contributed by atoms with van der Waals surface area (Å²) in [4.78, 5) is 24.4. The van der Waals surface area contributed by atoms with Crippen molar-refractivity contribution in [1.82, 2.24) is 5.32 Å². The van der Waals surface area contributed by atoms with E-state index in [2.05, 4.69) is 16.7 Å². The molecule has 2 aromatic carbocycles. The molecule has 0 atom stereocenters. The molecule has 0 radical (unpaired) electrons. The number of nitriles is 1. The summed E-state index contributed by atoms with van der Waals surface area (Å²) in [6.45, 7) is 0.793. The summed E-state index contributed by atoms with van der Waals surface area (Å²) in [7, 11) is 0. The van der Waals surface area contributed by atoms with Crippen LogP contribution in [0.25, 0.3) is 0 Å². The Kier molecular flexibility index (Phi) is 5.38. The Morgan fingerprint density at radius 3 is 2.53 bits per heavy atom. The van der Waals surface area contributed by atoms with Crippen LogP contribution < -0.4 is 10.6 Å². The molecule has 2 aromatic rings. The Labute approximate surface area is 172 Å². The van der Waals surface area contributed by atoms with Gasteiger partial charge in [0.25, 0.3) is 5.79 Å². The Morgan fingerprint density at radius 2 is 1.83 bits per heavy atom. The van der Waals surface area contributed by atoms with E-state index in [1.165, 1.54) is 6.07 Å². The van der Waals surface area contributed by atoms with Crippen LogP contribution in [-0.2, 0) is 37.8 Å². The van der Waals surface area contributed by atoms with Crippen LogP contribution in [0.3, 0.4) is 0 Å². The van der Waals surface area contributed by atoms with Crippen molar-refractivity contribution in [1.29, 1.82) is 5.26 Å². The number of anilines is 1. The van der Waals surface area contributed by atoms with Gasteiger partial charge in [-0.3, -0.25) is 9.59 Å². The minimum absolute atomic E-state index is 0.0510. The van der Waals surface area contributed by atoms with Gasteiger partial charge in [0.15, 0.2) is 0 Å². The number of carbonyl (C=O) groups is 2. The number of fused-ring (bicyclic) bond motifs is 2. The molecule has 0 bridgehead atoms. The van der Waals surface area contributed by atoms with Gasteiger partial charge < -0.3 is 20.1 Å². The number of halogens is 1. The van der Waals surface area contributed by atoms with Gasteiger partial charge >= 0.3 is 11.9 Å². The van der Waals surface area contributed by atoms with E-state index in [-0.39, 0.29) is 31.7 Å². The average Bonchev–Trinajstić information content (AvgIpc) is 3.00. The molecule has 2 aliphatic heterocycles. The first-order chi connectivity index (χ1) is 14.5. The zero-order valence-electron chi connectivity index (χ0n) is 16.2. The van der Waals surface area contributed by atoms with Crippen LogP contribution >= 0.6 is 0 Å². The van der Waals surface area contributed by atoms with E-state index in [9.17, 15) is 19.2 Å². The van der Waals surface area contributed by atoms with Crippen molar-refractivity contribution < 1.29 is 23.5 Å². The second-order valence-corrected chi connectivity index (χ2v) is 7.20. The molecule has 0 unspecified atom stereocenters. The first-order valence-electron chi connectivity index (χ1n) is 9.70. The van der Waals surface area contributed by atoms with E-state index in [1.54, 1.807) is 30.3 Å². The molecular formula is C22H20FN3O4. The van der Waals surface area contributed by atoms with Crippen molar-refractivity contribution in [3.63, 3.8) is 0 Å². The number of ether oxygens (including phenoxy) is 2. The zero-order valence-corrected chi connectivity index (χ0v) is 16.2. The molecule has 0 aliphatic carbocycles. The molecule has 8 heteroatoms. The van der Waals surface area contributed by atoms with Gasteiger partial charge in [0.2, 0.25) is 0 Å². The van der Waals surface area contributed by atoms with E-state index in [4.69, 9.17) is 9.47 Å². The molecule has 7 nitrogen and oxygen atoms in total. The van der Waals surface area contributed by atoms with Gasteiger partial charge in [0.05, 0.1) is 30.6 Å². The summed E-state index contributed by atoms with van der Waals surface area (Å²) >= 11 is 0. The topological polar surface area (TPSA) is 100 Å². The molecule has 2 N–H and O–H groups in total. The number of hydrogen-bond acceptors (Lipinski definition) is 7. The summed E-state index contributed by atoms with van der Waals surface area (Å²) in [6, 6.07) is 11.8. The van der Waals surface area contributed by atoms with Crippen LogP contribution in [0.5, 0.6) is 0 Å².